The van der Waals surface area contributed by atoms with Gasteiger partial charge in [0.2, 0.25) is 0 Å². The van der Waals surface area contributed by atoms with Crippen LogP contribution in [0.4, 0.5) is 0 Å². The third kappa shape index (κ3) is 4.60. The summed E-state index contributed by atoms with van der Waals surface area (Å²) in [5.41, 5.74) is 2.57. The molecule has 1 aromatic carbocycles. The van der Waals surface area contributed by atoms with Crippen LogP contribution in [0.15, 0.2) is 23.6 Å². The normalized spacial score (nSPS) is 12.8. The number of benzene rings is 1. The van der Waals surface area contributed by atoms with Gasteiger partial charge in [0.25, 0.3) is 5.91 Å². The standard InChI is InChI=1S/C20H23NO5S/c1-24-16-8-7-13(9-17(16)25-2)10-21-19(22)11-26-20(23)15-12-27-18-6-4-3-5-14(15)18/h7-9,12H,3-6,10-11H2,1-2H3,(H,21,22). The summed E-state index contributed by atoms with van der Waals surface area (Å²) in [5.74, 6) is 0.455. The lowest BCUT2D eigenvalue weighted by atomic mass is 9.96. The number of rotatable bonds is 7. The van der Waals surface area contributed by atoms with Gasteiger partial charge in [-0.2, -0.15) is 0 Å². The first kappa shape index (κ1) is 19.2. The van der Waals surface area contributed by atoms with Crippen molar-refractivity contribution in [3.8, 4) is 11.5 Å². The van der Waals surface area contributed by atoms with Crippen LogP contribution in [-0.4, -0.2) is 32.7 Å². The predicted octanol–water partition coefficient (Wildman–Crippen LogP) is 3.12. The number of carbonyl (C=O) groups is 2. The van der Waals surface area contributed by atoms with Crippen molar-refractivity contribution in [3.63, 3.8) is 0 Å². The number of fused-ring (bicyclic) bond motifs is 1. The van der Waals surface area contributed by atoms with E-state index in [4.69, 9.17) is 14.2 Å². The number of thiophene rings is 1. The zero-order valence-electron chi connectivity index (χ0n) is 15.5. The first-order valence-corrected chi connectivity index (χ1v) is 9.74. The summed E-state index contributed by atoms with van der Waals surface area (Å²) < 4.78 is 15.6. The lowest BCUT2D eigenvalue weighted by molar-refractivity contribution is -0.124. The molecule has 0 unspecified atom stereocenters. The highest BCUT2D eigenvalue weighted by molar-refractivity contribution is 7.10. The zero-order valence-corrected chi connectivity index (χ0v) is 16.3. The Kier molecular flexibility index (Phi) is 6.34. The highest BCUT2D eigenvalue weighted by Crippen LogP contribution is 2.30. The summed E-state index contributed by atoms with van der Waals surface area (Å²) in [6.45, 7) is 0.0152. The molecule has 3 rings (SSSR count). The molecular formula is C20H23NO5S. The van der Waals surface area contributed by atoms with E-state index in [1.165, 1.54) is 11.3 Å². The molecule has 7 heteroatoms. The lowest BCUT2D eigenvalue weighted by Crippen LogP contribution is -2.28. The third-order valence-electron chi connectivity index (χ3n) is 4.55. The molecule has 1 aromatic heterocycles. The molecule has 0 radical (unpaired) electrons. The maximum absolute atomic E-state index is 12.3. The van der Waals surface area contributed by atoms with Crippen LogP contribution >= 0.6 is 11.3 Å². The Labute approximate surface area is 162 Å². The minimum Gasteiger partial charge on any atom is -0.493 e. The van der Waals surface area contributed by atoms with E-state index in [1.54, 1.807) is 37.7 Å². The Balaban J connectivity index is 1.50. The van der Waals surface area contributed by atoms with Crippen LogP contribution in [0.25, 0.3) is 0 Å². The number of aryl methyl sites for hydroxylation is 1. The zero-order chi connectivity index (χ0) is 19.2. The summed E-state index contributed by atoms with van der Waals surface area (Å²) in [6.07, 6.45) is 4.20. The molecule has 144 valence electrons. The first-order valence-electron chi connectivity index (χ1n) is 8.86. The van der Waals surface area contributed by atoms with Gasteiger partial charge in [0.1, 0.15) is 0 Å². The van der Waals surface area contributed by atoms with Crippen LogP contribution in [0, 0.1) is 0 Å². The fourth-order valence-electron chi connectivity index (χ4n) is 3.12. The van der Waals surface area contributed by atoms with Crippen LogP contribution in [0.1, 0.15) is 39.2 Å². The van der Waals surface area contributed by atoms with Gasteiger partial charge in [0, 0.05) is 16.8 Å². The Bertz CT molecular complexity index is 830. The average Bonchev–Trinajstić information content (AvgIpc) is 3.14. The number of amides is 1. The maximum atomic E-state index is 12.3. The Hall–Kier alpha value is -2.54. The SMILES string of the molecule is COc1ccc(CNC(=O)COC(=O)c2csc3c2CCCC3)cc1OC. The van der Waals surface area contributed by atoms with E-state index in [0.717, 1.165) is 30.4 Å². The summed E-state index contributed by atoms with van der Waals surface area (Å²) in [6, 6.07) is 5.41. The van der Waals surface area contributed by atoms with Gasteiger partial charge in [0.15, 0.2) is 18.1 Å². The number of hydrogen-bond acceptors (Lipinski definition) is 6. The Morgan fingerprint density at radius 1 is 1.11 bits per heavy atom. The van der Waals surface area contributed by atoms with E-state index < -0.39 is 5.97 Å². The average molecular weight is 389 g/mol. The van der Waals surface area contributed by atoms with Gasteiger partial charge < -0.3 is 19.5 Å². The van der Waals surface area contributed by atoms with Crippen molar-refractivity contribution in [2.24, 2.45) is 0 Å². The van der Waals surface area contributed by atoms with E-state index in [-0.39, 0.29) is 12.5 Å². The minimum absolute atomic E-state index is 0.295. The molecule has 1 aliphatic rings. The molecule has 0 atom stereocenters. The summed E-state index contributed by atoms with van der Waals surface area (Å²) in [7, 11) is 3.13. The van der Waals surface area contributed by atoms with Crippen LogP contribution in [-0.2, 0) is 28.9 Å². The molecule has 1 amide bonds. The van der Waals surface area contributed by atoms with Crippen LogP contribution in [0.3, 0.4) is 0 Å². The third-order valence-corrected chi connectivity index (χ3v) is 5.64. The summed E-state index contributed by atoms with van der Waals surface area (Å²) in [4.78, 5) is 25.6. The summed E-state index contributed by atoms with van der Waals surface area (Å²) >= 11 is 1.61. The van der Waals surface area contributed by atoms with Crippen molar-refractivity contribution < 1.29 is 23.8 Å². The number of nitrogens with one attached hydrogen (secondary N) is 1. The van der Waals surface area contributed by atoms with E-state index in [0.29, 0.717) is 23.6 Å². The van der Waals surface area contributed by atoms with Crippen LogP contribution < -0.4 is 14.8 Å². The smallest absolute Gasteiger partial charge is 0.339 e. The van der Waals surface area contributed by atoms with Crippen LogP contribution in [0.2, 0.25) is 0 Å². The maximum Gasteiger partial charge on any atom is 0.339 e. The van der Waals surface area contributed by atoms with Crippen molar-refractivity contribution in [1.29, 1.82) is 0 Å². The van der Waals surface area contributed by atoms with Crippen molar-refractivity contribution in [3.05, 3.63) is 45.1 Å². The highest BCUT2D eigenvalue weighted by atomic mass is 32.1. The second-order valence-electron chi connectivity index (χ2n) is 6.30. The fourth-order valence-corrected chi connectivity index (χ4v) is 4.23. The van der Waals surface area contributed by atoms with E-state index in [2.05, 4.69) is 5.32 Å². The molecule has 27 heavy (non-hydrogen) atoms. The van der Waals surface area contributed by atoms with Crippen molar-refractivity contribution >= 4 is 23.2 Å². The van der Waals surface area contributed by atoms with Crippen molar-refractivity contribution in [2.45, 2.75) is 32.2 Å². The van der Waals surface area contributed by atoms with Crippen molar-refractivity contribution in [2.75, 3.05) is 20.8 Å². The monoisotopic (exact) mass is 389 g/mol. The fraction of sp³-hybridized carbons (Fsp3) is 0.400. The molecule has 6 nitrogen and oxygen atoms in total. The molecule has 1 aliphatic carbocycles. The summed E-state index contributed by atoms with van der Waals surface area (Å²) in [5, 5.41) is 4.59. The molecule has 0 saturated heterocycles. The molecule has 2 aromatic rings. The second-order valence-corrected chi connectivity index (χ2v) is 7.26. The van der Waals surface area contributed by atoms with Gasteiger partial charge in [-0.25, -0.2) is 4.79 Å². The molecular weight excluding hydrogens is 366 g/mol. The van der Waals surface area contributed by atoms with Gasteiger partial charge in [-0.1, -0.05) is 6.07 Å². The van der Waals surface area contributed by atoms with Gasteiger partial charge in [0.05, 0.1) is 19.8 Å². The minimum atomic E-state index is -0.421. The number of ether oxygens (including phenoxy) is 3. The molecule has 0 bridgehead atoms. The van der Waals surface area contributed by atoms with Gasteiger partial charge in [-0.3, -0.25) is 4.79 Å². The molecule has 0 saturated carbocycles. The number of carbonyl (C=O) groups excluding carboxylic acids is 2. The number of hydrogen-bond donors (Lipinski definition) is 1. The molecule has 0 spiro atoms. The number of esters is 1. The van der Waals surface area contributed by atoms with Crippen LogP contribution in [0.5, 0.6) is 11.5 Å². The van der Waals surface area contributed by atoms with E-state index in [9.17, 15) is 9.59 Å². The van der Waals surface area contributed by atoms with Gasteiger partial charge in [-0.15, -0.1) is 11.3 Å². The van der Waals surface area contributed by atoms with E-state index >= 15 is 0 Å². The molecule has 1 heterocycles. The Morgan fingerprint density at radius 3 is 2.67 bits per heavy atom. The van der Waals surface area contributed by atoms with Gasteiger partial charge in [-0.05, 0) is 48.9 Å². The number of methoxy groups -OCH3 is 2. The predicted molar refractivity (Wildman–Crippen MR) is 103 cm³/mol. The Morgan fingerprint density at radius 2 is 1.89 bits per heavy atom. The highest BCUT2D eigenvalue weighted by Gasteiger charge is 2.21. The lowest BCUT2D eigenvalue weighted by Gasteiger charge is -2.12. The quantitative estimate of drug-likeness (QED) is 0.737. The topological polar surface area (TPSA) is 73.9 Å². The largest absolute Gasteiger partial charge is 0.493 e. The van der Waals surface area contributed by atoms with Gasteiger partial charge >= 0.3 is 5.97 Å². The second kappa shape index (κ2) is 8.90. The molecule has 0 fully saturated rings. The molecule has 0 aliphatic heterocycles. The van der Waals surface area contributed by atoms with Crippen molar-refractivity contribution in [1.82, 2.24) is 5.32 Å². The first-order chi connectivity index (χ1) is 13.1. The van der Waals surface area contributed by atoms with E-state index in [1.807, 2.05) is 11.4 Å². The molecule has 1 N–H and O–H groups in total.